The number of esters is 2. The third-order valence-corrected chi connectivity index (χ3v) is 11.0. The molecule has 1 fully saturated rings. The Morgan fingerprint density at radius 1 is 0.491 bits per heavy atom. The predicted molar refractivity (Wildman–Crippen MR) is 220 cm³/mol. The number of carbonyl (C=O) groups is 2. The molecule has 326 valence electrons. The average Bonchev–Trinajstić information content (AvgIpc) is 3.18. The van der Waals surface area contributed by atoms with Crippen molar-refractivity contribution in [1.29, 1.82) is 0 Å². The standard InChI is InChI=1S/C45H86O10/c1-3-5-7-9-11-13-14-15-16-17-18-19-20-21-22-23-24-25-26-28-30-32-34-41(48)54-38(36-52-40(47)33-31-29-27-12-10-8-6-4-2)37-53-45-44(51)43(50)42(49)39(35-46)55-45/h38-39,42-46,49-51H,3-37H2,1-2H3/t38-,39-,42+,43?,44?,45-/m1/s1. The maximum Gasteiger partial charge on any atom is 0.306 e. The average molecular weight is 787 g/mol. The van der Waals surface area contributed by atoms with Crippen molar-refractivity contribution in [1.82, 2.24) is 0 Å². The molecular weight excluding hydrogens is 700 g/mol. The van der Waals surface area contributed by atoms with Gasteiger partial charge in [-0.2, -0.15) is 0 Å². The molecule has 0 aromatic carbocycles. The Morgan fingerprint density at radius 3 is 1.24 bits per heavy atom. The Bertz CT molecular complexity index is 871. The van der Waals surface area contributed by atoms with Gasteiger partial charge in [0.05, 0.1) is 13.2 Å². The van der Waals surface area contributed by atoms with Crippen molar-refractivity contribution in [3.05, 3.63) is 0 Å². The Hall–Kier alpha value is -1.30. The summed E-state index contributed by atoms with van der Waals surface area (Å²) in [6.07, 6.45) is 29.9. The molecule has 0 saturated carbocycles. The Labute approximate surface area is 336 Å². The quantitative estimate of drug-likeness (QED) is 0.0350. The minimum absolute atomic E-state index is 0.210. The van der Waals surface area contributed by atoms with Crippen molar-refractivity contribution < 1.29 is 49.0 Å². The van der Waals surface area contributed by atoms with Crippen molar-refractivity contribution in [2.45, 2.75) is 256 Å². The van der Waals surface area contributed by atoms with Crippen LogP contribution in [-0.2, 0) is 28.5 Å². The van der Waals surface area contributed by atoms with Crippen LogP contribution in [0.1, 0.15) is 219 Å². The fourth-order valence-corrected chi connectivity index (χ4v) is 7.31. The van der Waals surface area contributed by atoms with Gasteiger partial charge >= 0.3 is 11.9 Å². The van der Waals surface area contributed by atoms with Crippen molar-refractivity contribution in [2.75, 3.05) is 19.8 Å². The highest BCUT2D eigenvalue weighted by atomic mass is 16.7. The first-order valence-corrected chi connectivity index (χ1v) is 23.1. The topological polar surface area (TPSA) is 152 Å². The second-order valence-electron chi connectivity index (χ2n) is 16.2. The maximum atomic E-state index is 12.7. The van der Waals surface area contributed by atoms with Gasteiger partial charge in [-0.05, 0) is 12.8 Å². The van der Waals surface area contributed by atoms with Gasteiger partial charge in [0.15, 0.2) is 12.4 Å². The fourth-order valence-electron chi connectivity index (χ4n) is 7.31. The second kappa shape index (κ2) is 37.0. The summed E-state index contributed by atoms with van der Waals surface area (Å²) in [5.74, 6) is -0.797. The van der Waals surface area contributed by atoms with Crippen molar-refractivity contribution >= 4 is 11.9 Å². The van der Waals surface area contributed by atoms with Gasteiger partial charge in [-0.25, -0.2) is 0 Å². The Kier molecular flexibility index (Phi) is 34.8. The van der Waals surface area contributed by atoms with Crippen LogP contribution >= 0.6 is 0 Å². The summed E-state index contributed by atoms with van der Waals surface area (Å²) in [6.45, 7) is 3.42. The molecule has 0 spiro atoms. The number of unbranched alkanes of at least 4 members (excludes halogenated alkanes) is 28. The summed E-state index contributed by atoms with van der Waals surface area (Å²) in [6, 6.07) is 0. The number of hydrogen-bond donors (Lipinski definition) is 4. The third-order valence-electron chi connectivity index (χ3n) is 11.0. The highest BCUT2D eigenvalue weighted by molar-refractivity contribution is 5.70. The molecule has 55 heavy (non-hydrogen) atoms. The summed E-state index contributed by atoms with van der Waals surface area (Å²) >= 11 is 0. The van der Waals surface area contributed by atoms with Crippen LogP contribution in [0.5, 0.6) is 0 Å². The van der Waals surface area contributed by atoms with Crippen LogP contribution in [0.2, 0.25) is 0 Å². The molecule has 0 bridgehead atoms. The third kappa shape index (κ3) is 28.7. The number of carbonyl (C=O) groups excluding carboxylic acids is 2. The molecule has 0 radical (unpaired) electrons. The molecule has 1 aliphatic rings. The van der Waals surface area contributed by atoms with E-state index < -0.39 is 49.4 Å². The molecule has 10 heteroatoms. The molecule has 10 nitrogen and oxygen atoms in total. The lowest BCUT2D eigenvalue weighted by Crippen LogP contribution is -2.59. The van der Waals surface area contributed by atoms with Crippen LogP contribution < -0.4 is 0 Å². The molecule has 0 aromatic rings. The minimum atomic E-state index is -1.59. The number of aliphatic hydroxyl groups excluding tert-OH is 4. The molecule has 1 rings (SSSR count). The van der Waals surface area contributed by atoms with E-state index in [2.05, 4.69) is 13.8 Å². The molecule has 4 N–H and O–H groups in total. The van der Waals surface area contributed by atoms with Gasteiger partial charge in [-0.3, -0.25) is 9.59 Å². The summed E-state index contributed by atoms with van der Waals surface area (Å²) in [5.41, 5.74) is 0. The normalized spacial score (nSPS) is 20.4. The molecule has 0 aliphatic carbocycles. The van der Waals surface area contributed by atoms with E-state index in [0.29, 0.717) is 6.42 Å². The zero-order chi connectivity index (χ0) is 40.2. The smallest absolute Gasteiger partial charge is 0.306 e. The zero-order valence-electron chi connectivity index (χ0n) is 35.5. The van der Waals surface area contributed by atoms with Crippen LogP contribution in [0.3, 0.4) is 0 Å². The summed E-state index contributed by atoms with van der Waals surface area (Å²) in [4.78, 5) is 25.2. The maximum absolute atomic E-state index is 12.7. The number of rotatable bonds is 39. The zero-order valence-corrected chi connectivity index (χ0v) is 35.5. The first-order chi connectivity index (χ1) is 26.8. The highest BCUT2D eigenvalue weighted by Gasteiger charge is 2.44. The van der Waals surface area contributed by atoms with E-state index in [-0.39, 0.29) is 32.0 Å². The van der Waals surface area contributed by atoms with E-state index in [1.165, 1.54) is 148 Å². The summed E-state index contributed by atoms with van der Waals surface area (Å²) < 4.78 is 22.1. The van der Waals surface area contributed by atoms with Gasteiger partial charge in [0.1, 0.15) is 31.0 Å². The largest absolute Gasteiger partial charge is 0.462 e. The van der Waals surface area contributed by atoms with Crippen LogP contribution in [-0.4, -0.2) is 89.0 Å². The lowest BCUT2D eigenvalue weighted by atomic mass is 9.99. The molecule has 2 unspecified atom stereocenters. The number of ether oxygens (including phenoxy) is 4. The van der Waals surface area contributed by atoms with E-state index in [4.69, 9.17) is 18.9 Å². The first-order valence-electron chi connectivity index (χ1n) is 23.1. The molecule has 1 saturated heterocycles. The summed E-state index contributed by atoms with van der Waals surface area (Å²) in [7, 11) is 0. The van der Waals surface area contributed by atoms with E-state index in [1.54, 1.807) is 0 Å². The molecule has 1 aliphatic heterocycles. The predicted octanol–water partition coefficient (Wildman–Crippen LogP) is 9.78. The van der Waals surface area contributed by atoms with Crippen LogP contribution in [0.25, 0.3) is 0 Å². The van der Waals surface area contributed by atoms with Crippen LogP contribution in [0.15, 0.2) is 0 Å². The van der Waals surface area contributed by atoms with Gasteiger partial charge in [-0.15, -0.1) is 0 Å². The SMILES string of the molecule is CCCCCCCCCCCCCCCCCCCCCCCCC(=O)O[C@H](COC(=O)CCCCCCCCCC)CO[C@@H]1O[C@H](CO)[C@H](O)C(O)C1O. The van der Waals surface area contributed by atoms with Gasteiger partial charge in [0.2, 0.25) is 0 Å². The highest BCUT2D eigenvalue weighted by Crippen LogP contribution is 2.23. The number of aliphatic hydroxyl groups is 4. The van der Waals surface area contributed by atoms with Crippen molar-refractivity contribution in [3.63, 3.8) is 0 Å². The van der Waals surface area contributed by atoms with E-state index >= 15 is 0 Å². The lowest BCUT2D eigenvalue weighted by Gasteiger charge is -2.39. The first kappa shape index (κ1) is 51.7. The van der Waals surface area contributed by atoms with Crippen LogP contribution in [0, 0.1) is 0 Å². The molecule has 6 atom stereocenters. The molecule has 1 heterocycles. The van der Waals surface area contributed by atoms with Crippen LogP contribution in [0.4, 0.5) is 0 Å². The second-order valence-corrected chi connectivity index (χ2v) is 16.2. The van der Waals surface area contributed by atoms with Gasteiger partial charge in [0, 0.05) is 12.8 Å². The van der Waals surface area contributed by atoms with Gasteiger partial charge in [0.25, 0.3) is 0 Å². The van der Waals surface area contributed by atoms with Crippen molar-refractivity contribution in [3.8, 4) is 0 Å². The van der Waals surface area contributed by atoms with Gasteiger partial charge in [-0.1, -0.05) is 194 Å². The number of hydrogen-bond acceptors (Lipinski definition) is 10. The monoisotopic (exact) mass is 787 g/mol. The minimum Gasteiger partial charge on any atom is -0.462 e. The fraction of sp³-hybridized carbons (Fsp3) is 0.956. The lowest BCUT2D eigenvalue weighted by molar-refractivity contribution is -0.305. The van der Waals surface area contributed by atoms with Crippen molar-refractivity contribution in [2.24, 2.45) is 0 Å². The van der Waals surface area contributed by atoms with E-state index in [9.17, 15) is 30.0 Å². The molecule has 0 aromatic heterocycles. The van der Waals surface area contributed by atoms with Gasteiger partial charge < -0.3 is 39.4 Å². The Balaban J connectivity index is 2.21. The molecular formula is C45H86O10. The van der Waals surface area contributed by atoms with E-state index in [0.717, 1.165) is 38.5 Å². The summed E-state index contributed by atoms with van der Waals surface area (Å²) in [5, 5.41) is 40.0. The Morgan fingerprint density at radius 2 is 0.855 bits per heavy atom. The van der Waals surface area contributed by atoms with E-state index in [1.807, 2.05) is 0 Å². The molecule has 0 amide bonds.